The number of halogens is 1. The maximum absolute atomic E-state index is 12.5. The molecule has 27 heavy (non-hydrogen) atoms. The van der Waals surface area contributed by atoms with Crippen molar-refractivity contribution < 1.29 is 9.59 Å². The van der Waals surface area contributed by atoms with E-state index in [2.05, 4.69) is 26.2 Å². The number of anilines is 1. The predicted octanol–water partition coefficient (Wildman–Crippen LogP) is 4.73. The SMILES string of the molecule is CCN(CC)C(=O)c1ccc(NC(=O)c2cc3c(Br)cccc3cn2)cc1. The average Bonchev–Trinajstić information content (AvgIpc) is 2.69. The maximum atomic E-state index is 12.5. The zero-order chi connectivity index (χ0) is 19.4. The first kappa shape index (κ1) is 19.0. The fourth-order valence-electron chi connectivity index (χ4n) is 2.84. The van der Waals surface area contributed by atoms with Crippen LogP contribution in [0.25, 0.3) is 10.8 Å². The zero-order valence-corrected chi connectivity index (χ0v) is 16.8. The molecule has 138 valence electrons. The summed E-state index contributed by atoms with van der Waals surface area (Å²) in [7, 11) is 0. The van der Waals surface area contributed by atoms with Gasteiger partial charge in [-0.2, -0.15) is 0 Å². The van der Waals surface area contributed by atoms with Gasteiger partial charge in [0.25, 0.3) is 11.8 Å². The minimum Gasteiger partial charge on any atom is -0.339 e. The van der Waals surface area contributed by atoms with Crippen LogP contribution in [0.15, 0.2) is 59.2 Å². The van der Waals surface area contributed by atoms with Crippen molar-refractivity contribution in [2.45, 2.75) is 13.8 Å². The van der Waals surface area contributed by atoms with Gasteiger partial charge in [0.1, 0.15) is 5.69 Å². The van der Waals surface area contributed by atoms with E-state index < -0.39 is 0 Å². The molecular weight excluding hydrogens is 406 g/mol. The average molecular weight is 426 g/mol. The van der Waals surface area contributed by atoms with Gasteiger partial charge in [0, 0.05) is 40.4 Å². The van der Waals surface area contributed by atoms with Crippen LogP contribution in [-0.4, -0.2) is 34.8 Å². The van der Waals surface area contributed by atoms with E-state index in [1.807, 2.05) is 32.0 Å². The molecule has 3 aromatic rings. The Morgan fingerprint density at radius 1 is 1.07 bits per heavy atom. The van der Waals surface area contributed by atoms with Crippen molar-refractivity contribution in [3.63, 3.8) is 0 Å². The molecule has 0 spiro atoms. The lowest BCUT2D eigenvalue weighted by Gasteiger charge is -2.18. The number of hydrogen-bond donors (Lipinski definition) is 1. The third-order valence-corrected chi connectivity index (χ3v) is 5.07. The van der Waals surface area contributed by atoms with Gasteiger partial charge < -0.3 is 10.2 Å². The van der Waals surface area contributed by atoms with E-state index in [-0.39, 0.29) is 11.8 Å². The number of rotatable bonds is 5. The van der Waals surface area contributed by atoms with Crippen LogP contribution in [0.3, 0.4) is 0 Å². The number of hydrogen-bond acceptors (Lipinski definition) is 3. The lowest BCUT2D eigenvalue weighted by molar-refractivity contribution is 0.0773. The van der Waals surface area contributed by atoms with Crippen molar-refractivity contribution in [1.82, 2.24) is 9.88 Å². The van der Waals surface area contributed by atoms with E-state index in [4.69, 9.17) is 0 Å². The van der Waals surface area contributed by atoms with Crippen LogP contribution in [0, 0.1) is 0 Å². The molecule has 0 saturated heterocycles. The topological polar surface area (TPSA) is 62.3 Å². The predicted molar refractivity (Wildman–Crippen MR) is 111 cm³/mol. The summed E-state index contributed by atoms with van der Waals surface area (Å²) in [5.74, 6) is -0.311. The fraction of sp³-hybridized carbons (Fsp3) is 0.190. The van der Waals surface area contributed by atoms with Crippen LogP contribution in [0.2, 0.25) is 0 Å². The molecule has 3 rings (SSSR count). The van der Waals surface area contributed by atoms with Gasteiger partial charge in [-0.25, -0.2) is 0 Å². The molecule has 0 atom stereocenters. The number of nitrogens with one attached hydrogen (secondary N) is 1. The van der Waals surface area contributed by atoms with Gasteiger partial charge in [-0.3, -0.25) is 14.6 Å². The van der Waals surface area contributed by atoms with Gasteiger partial charge in [-0.05, 0) is 55.6 Å². The summed E-state index contributed by atoms with van der Waals surface area (Å²) in [5.41, 5.74) is 1.55. The maximum Gasteiger partial charge on any atom is 0.274 e. The van der Waals surface area contributed by atoms with Gasteiger partial charge in [-0.1, -0.05) is 28.1 Å². The molecule has 2 aromatic carbocycles. The Morgan fingerprint density at radius 2 is 1.78 bits per heavy atom. The molecular formula is C21H20BrN3O2. The van der Waals surface area contributed by atoms with Crippen molar-refractivity contribution in [3.8, 4) is 0 Å². The minimum absolute atomic E-state index is 0.0149. The van der Waals surface area contributed by atoms with E-state index >= 15 is 0 Å². The largest absolute Gasteiger partial charge is 0.339 e. The summed E-state index contributed by atoms with van der Waals surface area (Å²) in [6, 6.07) is 14.5. The van der Waals surface area contributed by atoms with Gasteiger partial charge in [0.2, 0.25) is 0 Å². The number of amides is 2. The Kier molecular flexibility index (Phi) is 5.86. The lowest BCUT2D eigenvalue weighted by Crippen LogP contribution is -2.30. The van der Waals surface area contributed by atoms with Crippen molar-refractivity contribution in [1.29, 1.82) is 0 Å². The molecule has 1 aromatic heterocycles. The van der Waals surface area contributed by atoms with Crippen molar-refractivity contribution in [3.05, 3.63) is 70.5 Å². The Morgan fingerprint density at radius 3 is 2.44 bits per heavy atom. The second-order valence-electron chi connectivity index (χ2n) is 6.04. The summed E-state index contributed by atoms with van der Waals surface area (Å²) in [4.78, 5) is 30.9. The molecule has 0 saturated carbocycles. The van der Waals surface area contributed by atoms with E-state index in [0.29, 0.717) is 30.0 Å². The Labute approximate surface area is 166 Å². The molecule has 0 unspecified atom stereocenters. The molecule has 0 aliphatic carbocycles. The second kappa shape index (κ2) is 8.31. The van der Waals surface area contributed by atoms with Gasteiger partial charge in [0.15, 0.2) is 0 Å². The molecule has 0 aliphatic heterocycles. The highest BCUT2D eigenvalue weighted by molar-refractivity contribution is 9.10. The molecule has 1 heterocycles. The molecule has 0 radical (unpaired) electrons. The number of pyridine rings is 1. The fourth-order valence-corrected chi connectivity index (χ4v) is 3.34. The quantitative estimate of drug-likeness (QED) is 0.642. The Balaban J connectivity index is 1.76. The standard InChI is InChI=1S/C21H20BrN3O2/c1-3-25(4-2)21(27)14-8-10-16(11-9-14)24-20(26)19-12-17-15(13-23-19)6-5-7-18(17)22/h5-13H,3-4H2,1-2H3,(H,24,26). The number of carbonyl (C=O) groups excluding carboxylic acids is 2. The van der Waals surface area contributed by atoms with Crippen LogP contribution >= 0.6 is 15.9 Å². The van der Waals surface area contributed by atoms with E-state index in [1.165, 1.54) is 0 Å². The minimum atomic E-state index is -0.296. The second-order valence-corrected chi connectivity index (χ2v) is 6.89. The van der Waals surface area contributed by atoms with Crippen LogP contribution < -0.4 is 5.32 Å². The number of fused-ring (bicyclic) bond motifs is 1. The van der Waals surface area contributed by atoms with Crippen LogP contribution in [0.5, 0.6) is 0 Å². The van der Waals surface area contributed by atoms with Crippen LogP contribution in [-0.2, 0) is 0 Å². The third kappa shape index (κ3) is 4.17. The summed E-state index contributed by atoms with van der Waals surface area (Å²) < 4.78 is 0.913. The van der Waals surface area contributed by atoms with Crippen molar-refractivity contribution in [2.24, 2.45) is 0 Å². The zero-order valence-electron chi connectivity index (χ0n) is 15.2. The molecule has 2 amide bonds. The summed E-state index contributed by atoms with van der Waals surface area (Å²) >= 11 is 3.50. The molecule has 5 nitrogen and oxygen atoms in total. The van der Waals surface area contributed by atoms with Crippen molar-refractivity contribution >= 4 is 44.2 Å². The van der Waals surface area contributed by atoms with Crippen LogP contribution in [0.4, 0.5) is 5.69 Å². The summed E-state index contributed by atoms with van der Waals surface area (Å²) in [5, 5.41) is 4.71. The van der Waals surface area contributed by atoms with Gasteiger partial charge >= 0.3 is 0 Å². The molecule has 0 aliphatic rings. The number of benzene rings is 2. The first-order valence-electron chi connectivity index (χ1n) is 8.78. The van der Waals surface area contributed by atoms with Gasteiger partial charge in [0.05, 0.1) is 0 Å². The first-order chi connectivity index (χ1) is 13.0. The Bertz CT molecular complexity index is 982. The number of nitrogens with zero attached hydrogens (tertiary/aromatic N) is 2. The first-order valence-corrected chi connectivity index (χ1v) is 9.57. The monoisotopic (exact) mass is 425 g/mol. The molecule has 6 heteroatoms. The normalized spacial score (nSPS) is 10.6. The highest BCUT2D eigenvalue weighted by atomic mass is 79.9. The van der Waals surface area contributed by atoms with E-state index in [1.54, 1.807) is 41.4 Å². The molecule has 0 bridgehead atoms. The lowest BCUT2D eigenvalue weighted by atomic mass is 10.1. The molecule has 0 fully saturated rings. The van der Waals surface area contributed by atoms with E-state index in [9.17, 15) is 9.59 Å². The number of carbonyl (C=O) groups is 2. The summed E-state index contributed by atoms with van der Waals surface area (Å²) in [6.45, 7) is 5.23. The third-order valence-electron chi connectivity index (χ3n) is 4.38. The number of aromatic nitrogens is 1. The highest BCUT2D eigenvalue weighted by Crippen LogP contribution is 2.24. The van der Waals surface area contributed by atoms with Crippen LogP contribution in [0.1, 0.15) is 34.7 Å². The molecule has 1 N–H and O–H groups in total. The van der Waals surface area contributed by atoms with Gasteiger partial charge in [-0.15, -0.1) is 0 Å². The van der Waals surface area contributed by atoms with E-state index in [0.717, 1.165) is 15.2 Å². The summed E-state index contributed by atoms with van der Waals surface area (Å²) in [6.07, 6.45) is 1.68. The highest BCUT2D eigenvalue weighted by Gasteiger charge is 2.13. The van der Waals surface area contributed by atoms with Crippen molar-refractivity contribution in [2.75, 3.05) is 18.4 Å². The smallest absolute Gasteiger partial charge is 0.274 e. The Hall–Kier alpha value is -2.73.